The zero-order chi connectivity index (χ0) is 19.5. The summed E-state index contributed by atoms with van der Waals surface area (Å²) in [5, 5.41) is 5.29. The van der Waals surface area contributed by atoms with E-state index in [0.29, 0.717) is 6.54 Å². The van der Waals surface area contributed by atoms with Gasteiger partial charge in [-0.2, -0.15) is 0 Å². The van der Waals surface area contributed by atoms with Gasteiger partial charge >= 0.3 is 0 Å². The largest absolute Gasteiger partial charge is 0.365 e. The fourth-order valence-electron chi connectivity index (χ4n) is 3.89. The molecule has 1 N–H and O–H groups in total. The van der Waals surface area contributed by atoms with Crippen LogP contribution in [0, 0.1) is 0 Å². The Labute approximate surface area is 171 Å². The average Bonchev–Trinajstić information content (AvgIpc) is 3.19. The SMILES string of the molecule is CN(C)CCCNC(=O)C1=C2c3sccc3CCN2CC(c2ccccc2)=C1. The van der Waals surface area contributed by atoms with Crippen LogP contribution in [0.15, 0.2) is 53.4 Å². The Balaban J connectivity index is 1.67. The van der Waals surface area contributed by atoms with E-state index in [-0.39, 0.29) is 5.91 Å². The van der Waals surface area contributed by atoms with Gasteiger partial charge in [-0.25, -0.2) is 0 Å². The van der Waals surface area contributed by atoms with Gasteiger partial charge in [0.1, 0.15) is 0 Å². The predicted octanol–water partition coefficient (Wildman–Crippen LogP) is 3.48. The lowest BCUT2D eigenvalue weighted by molar-refractivity contribution is -0.117. The molecule has 4 rings (SSSR count). The Morgan fingerprint density at radius 1 is 1.21 bits per heavy atom. The molecule has 0 unspecified atom stereocenters. The van der Waals surface area contributed by atoms with Crippen molar-refractivity contribution in [1.82, 2.24) is 15.1 Å². The van der Waals surface area contributed by atoms with Crippen LogP contribution in [-0.2, 0) is 11.2 Å². The van der Waals surface area contributed by atoms with Gasteiger partial charge in [-0.1, -0.05) is 30.3 Å². The number of hydrogen-bond donors (Lipinski definition) is 1. The number of benzene rings is 1. The van der Waals surface area contributed by atoms with E-state index in [1.54, 1.807) is 11.3 Å². The Morgan fingerprint density at radius 3 is 2.82 bits per heavy atom. The van der Waals surface area contributed by atoms with Crippen LogP contribution in [0.2, 0.25) is 0 Å². The molecule has 0 atom stereocenters. The molecule has 0 aliphatic carbocycles. The van der Waals surface area contributed by atoms with Crippen molar-refractivity contribution in [3.05, 3.63) is 69.4 Å². The van der Waals surface area contributed by atoms with Crippen LogP contribution >= 0.6 is 11.3 Å². The van der Waals surface area contributed by atoms with Gasteiger partial charge in [0.25, 0.3) is 5.91 Å². The lowest BCUT2D eigenvalue weighted by Gasteiger charge is -2.36. The number of rotatable bonds is 6. The molecule has 1 aromatic carbocycles. The molecule has 5 heteroatoms. The van der Waals surface area contributed by atoms with Crippen molar-refractivity contribution in [2.75, 3.05) is 40.3 Å². The summed E-state index contributed by atoms with van der Waals surface area (Å²) in [5.74, 6) is 0.0353. The number of carbonyl (C=O) groups excluding carboxylic acids is 1. The van der Waals surface area contributed by atoms with E-state index < -0.39 is 0 Å². The van der Waals surface area contributed by atoms with Crippen molar-refractivity contribution in [1.29, 1.82) is 0 Å². The van der Waals surface area contributed by atoms with E-state index in [1.165, 1.54) is 21.6 Å². The molecule has 1 amide bonds. The van der Waals surface area contributed by atoms with Gasteiger partial charge in [-0.3, -0.25) is 4.79 Å². The van der Waals surface area contributed by atoms with Crippen LogP contribution < -0.4 is 5.32 Å². The quantitative estimate of drug-likeness (QED) is 0.763. The van der Waals surface area contributed by atoms with E-state index in [4.69, 9.17) is 0 Å². The first-order valence-corrected chi connectivity index (χ1v) is 10.8. The van der Waals surface area contributed by atoms with Gasteiger partial charge in [0.05, 0.1) is 16.1 Å². The molecule has 4 nitrogen and oxygen atoms in total. The number of hydrogen-bond acceptors (Lipinski definition) is 4. The number of nitrogens with one attached hydrogen (secondary N) is 1. The first-order chi connectivity index (χ1) is 13.6. The molecule has 2 aliphatic heterocycles. The van der Waals surface area contributed by atoms with Crippen molar-refractivity contribution < 1.29 is 4.79 Å². The molecule has 0 saturated heterocycles. The molecule has 1 aromatic heterocycles. The third-order valence-electron chi connectivity index (χ3n) is 5.32. The summed E-state index contributed by atoms with van der Waals surface area (Å²) in [6.07, 6.45) is 4.10. The van der Waals surface area contributed by atoms with Gasteiger partial charge < -0.3 is 15.1 Å². The van der Waals surface area contributed by atoms with Crippen LogP contribution in [0.4, 0.5) is 0 Å². The zero-order valence-corrected chi connectivity index (χ0v) is 17.4. The molecule has 2 aliphatic rings. The molecular weight excluding hydrogens is 366 g/mol. The van der Waals surface area contributed by atoms with Crippen molar-refractivity contribution in [3.63, 3.8) is 0 Å². The van der Waals surface area contributed by atoms with Crippen molar-refractivity contribution in [2.45, 2.75) is 12.8 Å². The smallest absolute Gasteiger partial charge is 0.253 e. The van der Waals surface area contributed by atoms with Crippen LogP contribution in [0.25, 0.3) is 11.3 Å². The van der Waals surface area contributed by atoms with Gasteiger partial charge in [-0.15, -0.1) is 11.3 Å². The van der Waals surface area contributed by atoms with Gasteiger partial charge in [0.15, 0.2) is 0 Å². The van der Waals surface area contributed by atoms with Gasteiger partial charge in [-0.05, 0) is 67.7 Å². The van der Waals surface area contributed by atoms with Crippen molar-refractivity contribution >= 4 is 28.5 Å². The molecule has 28 heavy (non-hydrogen) atoms. The maximum Gasteiger partial charge on any atom is 0.253 e. The van der Waals surface area contributed by atoms with Crippen LogP contribution in [0.1, 0.15) is 22.4 Å². The van der Waals surface area contributed by atoms with E-state index in [0.717, 1.165) is 43.7 Å². The Kier molecular flexibility index (Phi) is 5.64. The van der Waals surface area contributed by atoms with E-state index >= 15 is 0 Å². The highest BCUT2D eigenvalue weighted by Crippen LogP contribution is 2.40. The number of fused-ring (bicyclic) bond motifs is 3. The number of nitrogens with zero attached hydrogens (tertiary/aromatic N) is 2. The second-order valence-corrected chi connectivity index (χ2v) is 8.57. The molecular formula is C23H27N3OS. The van der Waals surface area contributed by atoms with E-state index in [1.807, 2.05) is 6.07 Å². The minimum Gasteiger partial charge on any atom is -0.365 e. The van der Waals surface area contributed by atoms with Gasteiger partial charge in [0.2, 0.25) is 0 Å². The fourth-order valence-corrected chi connectivity index (χ4v) is 4.93. The van der Waals surface area contributed by atoms with Crippen molar-refractivity contribution in [2.24, 2.45) is 0 Å². The lowest BCUT2D eigenvalue weighted by atomic mass is 9.92. The minimum absolute atomic E-state index is 0.0353. The maximum atomic E-state index is 13.2. The molecule has 146 valence electrons. The lowest BCUT2D eigenvalue weighted by Crippen LogP contribution is -2.37. The first kappa shape index (κ1) is 19.0. The van der Waals surface area contributed by atoms with Gasteiger partial charge in [0, 0.05) is 19.6 Å². The van der Waals surface area contributed by atoms with Crippen LogP contribution in [0.3, 0.4) is 0 Å². The molecule has 0 saturated carbocycles. The zero-order valence-electron chi connectivity index (χ0n) is 16.6. The summed E-state index contributed by atoms with van der Waals surface area (Å²) >= 11 is 1.75. The van der Waals surface area contributed by atoms with E-state index in [2.05, 4.69) is 71.0 Å². The second-order valence-electron chi connectivity index (χ2n) is 7.66. The summed E-state index contributed by atoms with van der Waals surface area (Å²) in [7, 11) is 4.11. The Hall–Kier alpha value is -2.37. The third kappa shape index (κ3) is 3.91. The molecule has 0 bridgehead atoms. The first-order valence-electron chi connectivity index (χ1n) is 9.88. The summed E-state index contributed by atoms with van der Waals surface area (Å²) in [6.45, 7) is 3.48. The molecule has 0 fully saturated rings. The van der Waals surface area contributed by atoms with E-state index in [9.17, 15) is 4.79 Å². The molecule has 0 spiro atoms. The molecule has 3 heterocycles. The topological polar surface area (TPSA) is 35.6 Å². The maximum absolute atomic E-state index is 13.2. The molecule has 0 radical (unpaired) electrons. The highest BCUT2D eigenvalue weighted by atomic mass is 32.1. The standard InChI is InChI=1S/C23H27N3OS/c1-25(2)12-6-11-24-23(27)20-15-19(17-7-4-3-5-8-17)16-26-13-9-18-10-14-28-22(18)21(20)26/h3-5,7-8,10,14-15H,6,9,11-13,16H2,1-2H3,(H,24,27). The Morgan fingerprint density at radius 2 is 2.04 bits per heavy atom. The third-order valence-corrected chi connectivity index (χ3v) is 6.28. The summed E-state index contributed by atoms with van der Waals surface area (Å²) in [6, 6.07) is 12.6. The normalized spacial score (nSPS) is 16.0. The summed E-state index contributed by atoms with van der Waals surface area (Å²) in [4.78, 5) is 18.9. The molecule has 2 aromatic rings. The number of amides is 1. The highest BCUT2D eigenvalue weighted by molar-refractivity contribution is 7.11. The minimum atomic E-state index is 0.0353. The average molecular weight is 394 g/mol. The fraction of sp³-hybridized carbons (Fsp3) is 0.348. The van der Waals surface area contributed by atoms with Crippen molar-refractivity contribution in [3.8, 4) is 0 Å². The predicted molar refractivity (Wildman–Crippen MR) is 117 cm³/mol. The number of carbonyl (C=O) groups is 1. The number of thiophene rings is 1. The highest BCUT2D eigenvalue weighted by Gasteiger charge is 2.31. The summed E-state index contributed by atoms with van der Waals surface area (Å²) in [5.41, 5.74) is 5.68. The Bertz CT molecular complexity index is 911. The van der Waals surface area contributed by atoms with Crippen LogP contribution in [0.5, 0.6) is 0 Å². The summed E-state index contributed by atoms with van der Waals surface area (Å²) < 4.78 is 0. The van der Waals surface area contributed by atoms with Crippen LogP contribution in [-0.4, -0.2) is 56.0 Å². The second kappa shape index (κ2) is 8.33. The monoisotopic (exact) mass is 393 g/mol.